The van der Waals surface area contributed by atoms with Gasteiger partial charge >= 0.3 is 0 Å². The molecule has 0 radical (unpaired) electrons. The van der Waals surface area contributed by atoms with E-state index in [1.165, 1.54) is 0 Å². The van der Waals surface area contributed by atoms with Crippen molar-refractivity contribution in [3.05, 3.63) is 161 Å². The van der Waals surface area contributed by atoms with E-state index >= 15 is 35.1 Å². The fourth-order valence-electron chi connectivity index (χ4n) is 5.60. The van der Waals surface area contributed by atoms with E-state index in [1.54, 1.807) is 0 Å². The summed E-state index contributed by atoms with van der Waals surface area (Å²) in [6.45, 7) is 0. The van der Waals surface area contributed by atoms with Gasteiger partial charge in [-0.15, -0.1) is 0 Å². The number of halogens is 20. The van der Waals surface area contributed by atoms with E-state index in [2.05, 4.69) is 9.98 Å². The van der Waals surface area contributed by atoms with Gasteiger partial charge in [-0.05, 0) is 0 Å². The highest BCUT2D eigenvalue weighted by Gasteiger charge is 2.46. The fraction of sp³-hybridized carbons (Fsp3) is 0. The number of rotatable bonds is 4. The summed E-state index contributed by atoms with van der Waals surface area (Å²) in [6.07, 6.45) is 0. The van der Waals surface area contributed by atoms with E-state index in [-0.39, 0.29) is 0 Å². The molecule has 0 unspecified atom stereocenters. The Morgan fingerprint density at radius 2 is 0.483 bits per heavy atom. The third-order valence-electron chi connectivity index (χ3n) is 8.16. The first-order valence-corrected chi connectivity index (χ1v) is 14.4. The monoisotopic (exact) mass is 844 g/mol. The van der Waals surface area contributed by atoms with Crippen LogP contribution in [-0.4, -0.2) is 11.4 Å². The van der Waals surface area contributed by atoms with Crippen LogP contribution in [0.5, 0.6) is 0 Å². The highest BCUT2D eigenvalue weighted by molar-refractivity contribution is 6.30. The van der Waals surface area contributed by atoms with Crippen LogP contribution in [-0.2, 0) is 0 Å². The van der Waals surface area contributed by atoms with Crippen LogP contribution < -0.4 is 0 Å². The molecule has 4 aromatic rings. The molecule has 2 heterocycles. The largest absolute Gasteiger partial charge is 0.244 e. The summed E-state index contributed by atoms with van der Waals surface area (Å²) >= 11 is 0. The predicted molar refractivity (Wildman–Crippen MR) is 150 cm³/mol. The summed E-state index contributed by atoms with van der Waals surface area (Å²) in [5, 5.41) is 20.0. The third-order valence-corrected chi connectivity index (χ3v) is 8.16. The van der Waals surface area contributed by atoms with E-state index in [0.29, 0.717) is 0 Å². The lowest BCUT2D eigenvalue weighted by molar-refractivity contribution is 0.376. The van der Waals surface area contributed by atoms with Gasteiger partial charge in [-0.2, -0.15) is 10.5 Å². The van der Waals surface area contributed by atoms with Gasteiger partial charge in [0.2, 0.25) is 23.3 Å². The smallest absolute Gasteiger partial charge is 0.200 e. The normalized spacial score (nSPS) is 15.4. The zero-order chi connectivity index (χ0) is 43.3. The molecule has 2 aliphatic rings. The van der Waals surface area contributed by atoms with Crippen LogP contribution in [0.3, 0.4) is 0 Å². The van der Waals surface area contributed by atoms with Crippen molar-refractivity contribution in [1.82, 2.24) is 0 Å². The highest BCUT2D eigenvalue weighted by Crippen LogP contribution is 2.48. The van der Waals surface area contributed by atoms with Gasteiger partial charge in [0.15, 0.2) is 93.1 Å². The highest BCUT2D eigenvalue weighted by atomic mass is 19.2. The van der Waals surface area contributed by atoms with Crippen LogP contribution in [0.4, 0.5) is 87.8 Å². The zero-order valence-electron chi connectivity index (χ0n) is 26.3. The average Bonchev–Trinajstić information content (AvgIpc) is 3.73. The molecule has 4 nitrogen and oxygen atoms in total. The summed E-state index contributed by atoms with van der Waals surface area (Å²) in [4.78, 5) is 6.51. The second-order valence-corrected chi connectivity index (χ2v) is 11.1. The summed E-state index contributed by atoms with van der Waals surface area (Å²) < 4.78 is 294. The second kappa shape index (κ2) is 13.9. The van der Waals surface area contributed by atoms with E-state index in [4.69, 9.17) is 0 Å². The maximum absolute atomic E-state index is 15.3. The Balaban J connectivity index is 1.93. The predicted octanol–water partition coefficient (Wildman–Crippen LogP) is 9.94. The number of benzene rings is 4. The van der Waals surface area contributed by atoms with Crippen molar-refractivity contribution in [2.75, 3.05) is 0 Å². The molecule has 0 amide bonds. The molecule has 296 valence electrons. The zero-order valence-corrected chi connectivity index (χ0v) is 26.3. The molecule has 6 rings (SSSR count). The minimum atomic E-state index is -2.99. The Bertz CT molecular complexity index is 2600. The van der Waals surface area contributed by atoms with Crippen molar-refractivity contribution in [3.63, 3.8) is 0 Å². The number of hydrogen-bond donors (Lipinski definition) is 0. The molecule has 0 saturated heterocycles. The summed E-state index contributed by atoms with van der Waals surface area (Å²) in [6, 6.07) is 1.47. The van der Waals surface area contributed by atoms with E-state index < -0.39 is 184 Å². The number of hydrogen-bond acceptors (Lipinski definition) is 4. The molecular formula is C34F20N4. The van der Waals surface area contributed by atoms with Gasteiger partial charge in [0.25, 0.3) is 0 Å². The maximum Gasteiger partial charge on any atom is 0.200 e. The molecule has 0 aliphatic carbocycles. The van der Waals surface area contributed by atoms with Crippen molar-refractivity contribution in [1.29, 1.82) is 10.5 Å². The Hall–Kier alpha value is -6.98. The standard InChI is InChI=1S/C34F20N4/c35-11-5(12(36)20(44)27(51)19(11)43)3(1-55)7-31(9-15(39)23(47)29(53)24(48)16(9)40)57-34-8(4(2-56)6-13(37)21(45)28(52)22(46)14(6)38)32(58-33(7)34)10-17(41)25(49)30(54)26(50)18(10)42/b7-3-,8-4-. The van der Waals surface area contributed by atoms with Gasteiger partial charge in [-0.25, -0.2) is 97.8 Å². The first-order chi connectivity index (χ1) is 27.1. The molecule has 2 aliphatic heterocycles. The molecule has 0 atom stereocenters. The lowest BCUT2D eigenvalue weighted by atomic mass is 9.90. The molecule has 0 N–H and O–H groups in total. The third kappa shape index (κ3) is 5.37. The van der Waals surface area contributed by atoms with Crippen LogP contribution in [0.25, 0.3) is 11.1 Å². The van der Waals surface area contributed by atoms with E-state index in [0.717, 1.165) is 12.1 Å². The first kappa shape index (κ1) is 40.7. The molecular weight excluding hydrogens is 844 g/mol. The first-order valence-electron chi connectivity index (χ1n) is 14.4. The van der Waals surface area contributed by atoms with Gasteiger partial charge in [-0.3, -0.25) is 0 Å². The van der Waals surface area contributed by atoms with Crippen molar-refractivity contribution in [2.45, 2.75) is 0 Å². The Labute approximate surface area is 304 Å². The Kier molecular flexibility index (Phi) is 9.74. The molecule has 4 aromatic carbocycles. The Morgan fingerprint density at radius 3 is 0.690 bits per heavy atom. The molecule has 24 heteroatoms. The minimum Gasteiger partial charge on any atom is -0.244 e. The van der Waals surface area contributed by atoms with Crippen LogP contribution >= 0.6 is 0 Å². The van der Waals surface area contributed by atoms with E-state index in [1.807, 2.05) is 0 Å². The van der Waals surface area contributed by atoms with Crippen molar-refractivity contribution in [2.24, 2.45) is 9.98 Å². The number of nitrogens with zero attached hydrogens (tertiary/aromatic N) is 4. The minimum absolute atomic E-state index is 0.733. The van der Waals surface area contributed by atoms with Gasteiger partial charge < -0.3 is 0 Å². The molecule has 58 heavy (non-hydrogen) atoms. The van der Waals surface area contributed by atoms with Gasteiger partial charge in [0.05, 0.1) is 44.8 Å². The average molecular weight is 844 g/mol. The fourth-order valence-corrected chi connectivity index (χ4v) is 5.60. The van der Waals surface area contributed by atoms with Crippen molar-refractivity contribution < 1.29 is 87.8 Å². The molecule has 0 spiro atoms. The molecule has 0 fully saturated rings. The van der Waals surface area contributed by atoms with Crippen molar-refractivity contribution >= 4 is 22.6 Å². The number of allylic oxidation sites excluding steroid dienone is 4. The topological polar surface area (TPSA) is 72.3 Å². The molecule has 0 saturated carbocycles. The lowest BCUT2D eigenvalue weighted by Crippen LogP contribution is -2.18. The summed E-state index contributed by atoms with van der Waals surface area (Å²) in [7, 11) is 0. The summed E-state index contributed by atoms with van der Waals surface area (Å²) in [5.41, 5.74) is -26.2. The SMILES string of the molecule is N#C/C(=C1\C(c2c(F)c(F)c(F)c(F)c2F)=NC2=C1N=C(c1c(F)c(F)c(F)c(F)c1F)/C2=C(\C#N)c1c(F)c(F)c(F)c(F)c1F)c1c(F)c(F)c(F)c(F)c1F. The van der Waals surface area contributed by atoms with E-state index in [9.17, 15) is 63.2 Å². The lowest BCUT2D eigenvalue weighted by Gasteiger charge is -2.16. The van der Waals surface area contributed by atoms with Gasteiger partial charge in [0, 0.05) is 11.1 Å². The van der Waals surface area contributed by atoms with Crippen LogP contribution in [0.2, 0.25) is 0 Å². The van der Waals surface area contributed by atoms with Crippen LogP contribution in [0.15, 0.2) is 32.5 Å². The van der Waals surface area contributed by atoms with Crippen molar-refractivity contribution in [3.8, 4) is 12.1 Å². The van der Waals surface area contributed by atoms with Crippen LogP contribution in [0, 0.1) is 139 Å². The quantitative estimate of drug-likeness (QED) is 0.0889. The maximum atomic E-state index is 15.3. The molecule has 0 aromatic heterocycles. The second-order valence-electron chi connectivity index (χ2n) is 11.1. The summed E-state index contributed by atoms with van der Waals surface area (Å²) in [5.74, 6) is -59.2. The van der Waals surface area contributed by atoms with Crippen LogP contribution in [0.1, 0.15) is 22.3 Å². The number of nitriles is 2. The number of aliphatic imine (C=N–C) groups is 2. The Morgan fingerprint density at radius 1 is 0.293 bits per heavy atom. The van der Waals surface area contributed by atoms with Gasteiger partial charge in [-0.1, -0.05) is 0 Å². The van der Waals surface area contributed by atoms with Gasteiger partial charge in [0.1, 0.15) is 23.5 Å². The molecule has 0 bridgehead atoms.